The highest BCUT2D eigenvalue weighted by atomic mass is 16.1. The van der Waals surface area contributed by atoms with E-state index >= 15 is 0 Å². The Labute approximate surface area is 117 Å². The van der Waals surface area contributed by atoms with Gasteiger partial charge in [0.25, 0.3) is 5.56 Å². The smallest absolute Gasteiger partial charge is 0.255 e. The number of nitrogens with one attached hydrogen (secondary N) is 1. The summed E-state index contributed by atoms with van der Waals surface area (Å²) in [5, 5.41) is 3.31. The van der Waals surface area contributed by atoms with Gasteiger partial charge in [-0.05, 0) is 25.5 Å². The molecule has 0 aliphatic carbocycles. The van der Waals surface area contributed by atoms with Gasteiger partial charge in [0.15, 0.2) is 0 Å². The Hall–Kier alpha value is -1.09. The van der Waals surface area contributed by atoms with Gasteiger partial charge < -0.3 is 9.88 Å². The third-order valence-electron chi connectivity index (χ3n) is 3.21. The molecule has 1 rings (SSSR count). The number of rotatable bonds is 6. The van der Waals surface area contributed by atoms with E-state index < -0.39 is 0 Å². The molecule has 0 spiro atoms. The van der Waals surface area contributed by atoms with Gasteiger partial charge in [-0.25, -0.2) is 0 Å². The van der Waals surface area contributed by atoms with Gasteiger partial charge in [0.1, 0.15) is 0 Å². The van der Waals surface area contributed by atoms with Crippen LogP contribution in [0.15, 0.2) is 16.9 Å². The minimum Gasteiger partial charge on any atom is -0.312 e. The maximum Gasteiger partial charge on any atom is 0.255 e. The lowest BCUT2D eigenvalue weighted by atomic mass is 9.90. The van der Waals surface area contributed by atoms with Crippen LogP contribution in [0.1, 0.15) is 58.7 Å². The van der Waals surface area contributed by atoms with Crippen LogP contribution < -0.4 is 10.9 Å². The lowest BCUT2D eigenvalue weighted by Crippen LogP contribution is -2.33. The molecule has 3 heteroatoms. The highest BCUT2D eigenvalue weighted by molar-refractivity contribution is 5.21. The second-order valence-electron chi connectivity index (χ2n) is 6.13. The molecule has 108 valence electrons. The Morgan fingerprint density at radius 1 is 1.16 bits per heavy atom. The minimum absolute atomic E-state index is 0.00368. The summed E-state index contributed by atoms with van der Waals surface area (Å²) in [5.41, 5.74) is 2.16. The van der Waals surface area contributed by atoms with Crippen LogP contribution in [-0.4, -0.2) is 11.1 Å². The van der Waals surface area contributed by atoms with Crippen molar-refractivity contribution in [1.29, 1.82) is 0 Å². The van der Waals surface area contributed by atoms with Crippen molar-refractivity contribution >= 4 is 0 Å². The maximum absolute atomic E-state index is 12.5. The van der Waals surface area contributed by atoms with Crippen LogP contribution in [0.2, 0.25) is 0 Å². The Bertz CT molecular complexity index is 455. The van der Waals surface area contributed by atoms with Crippen LogP contribution in [0.5, 0.6) is 0 Å². The number of pyridine rings is 1. The fraction of sp³-hybridized carbons (Fsp3) is 0.688. The lowest BCUT2D eigenvalue weighted by Gasteiger charge is -2.24. The van der Waals surface area contributed by atoms with E-state index in [0.717, 1.165) is 37.2 Å². The van der Waals surface area contributed by atoms with E-state index in [1.54, 1.807) is 0 Å². The summed E-state index contributed by atoms with van der Waals surface area (Å²) in [6.07, 6.45) is 2.07. The second-order valence-corrected chi connectivity index (χ2v) is 6.13. The molecule has 0 atom stereocenters. The van der Waals surface area contributed by atoms with Gasteiger partial charge in [0.2, 0.25) is 0 Å². The Balaban J connectivity index is 3.12. The fourth-order valence-electron chi connectivity index (χ4n) is 2.26. The quantitative estimate of drug-likeness (QED) is 0.801. The van der Waals surface area contributed by atoms with Gasteiger partial charge in [-0.3, -0.25) is 4.79 Å². The molecule has 0 aromatic carbocycles. The summed E-state index contributed by atoms with van der Waals surface area (Å²) in [6, 6.07) is 4.09. The summed E-state index contributed by atoms with van der Waals surface area (Å²) in [6.45, 7) is 13.1. The molecule has 0 saturated heterocycles. The van der Waals surface area contributed by atoms with Crippen molar-refractivity contribution in [3.63, 3.8) is 0 Å². The zero-order chi connectivity index (χ0) is 14.5. The van der Waals surface area contributed by atoms with Gasteiger partial charge in [-0.1, -0.05) is 40.7 Å². The normalized spacial score (nSPS) is 11.8. The van der Waals surface area contributed by atoms with Crippen LogP contribution >= 0.6 is 0 Å². The molecule has 0 aliphatic rings. The van der Waals surface area contributed by atoms with Crippen molar-refractivity contribution in [3.8, 4) is 0 Å². The molecular formula is C16H28N2O. The molecule has 0 aliphatic heterocycles. The van der Waals surface area contributed by atoms with Gasteiger partial charge in [0, 0.05) is 29.8 Å². The highest BCUT2D eigenvalue weighted by Crippen LogP contribution is 2.21. The van der Waals surface area contributed by atoms with Crippen LogP contribution in [0.4, 0.5) is 0 Å². The van der Waals surface area contributed by atoms with Crippen molar-refractivity contribution < 1.29 is 0 Å². The van der Waals surface area contributed by atoms with Crippen molar-refractivity contribution in [1.82, 2.24) is 9.88 Å². The standard InChI is InChI=1S/C16H28N2O/c1-6-10-17-12-13-8-9-14(16(3,4)5)18(11-7-2)15(13)19/h8-9,17H,6-7,10-12H2,1-5H3. The fourth-order valence-corrected chi connectivity index (χ4v) is 2.26. The molecule has 0 radical (unpaired) electrons. The number of hydrogen-bond acceptors (Lipinski definition) is 2. The largest absolute Gasteiger partial charge is 0.312 e. The molecular weight excluding hydrogens is 236 g/mol. The molecule has 19 heavy (non-hydrogen) atoms. The van der Waals surface area contributed by atoms with E-state index in [1.165, 1.54) is 0 Å². The third-order valence-corrected chi connectivity index (χ3v) is 3.21. The highest BCUT2D eigenvalue weighted by Gasteiger charge is 2.19. The molecule has 3 nitrogen and oxygen atoms in total. The topological polar surface area (TPSA) is 34.0 Å². The Morgan fingerprint density at radius 3 is 2.37 bits per heavy atom. The van der Waals surface area contributed by atoms with Crippen LogP contribution in [0.3, 0.4) is 0 Å². The zero-order valence-electron chi connectivity index (χ0n) is 13.0. The van der Waals surface area contributed by atoms with Gasteiger partial charge >= 0.3 is 0 Å². The first-order valence-electron chi connectivity index (χ1n) is 7.35. The Kier molecular flexibility index (Phi) is 5.80. The molecule has 0 amide bonds. The average molecular weight is 264 g/mol. The van der Waals surface area contributed by atoms with Crippen molar-refractivity contribution in [2.75, 3.05) is 6.54 Å². The molecule has 0 saturated carbocycles. The summed E-state index contributed by atoms with van der Waals surface area (Å²) in [7, 11) is 0. The van der Waals surface area contributed by atoms with Crippen molar-refractivity contribution in [3.05, 3.63) is 33.7 Å². The molecule has 1 aromatic heterocycles. The van der Waals surface area contributed by atoms with E-state index in [-0.39, 0.29) is 11.0 Å². The van der Waals surface area contributed by atoms with Crippen molar-refractivity contribution in [2.45, 2.75) is 66.0 Å². The SMILES string of the molecule is CCCNCc1ccc(C(C)(C)C)n(CCC)c1=O. The zero-order valence-corrected chi connectivity index (χ0v) is 13.0. The minimum atomic E-state index is 0.00368. The number of hydrogen-bond donors (Lipinski definition) is 1. The molecule has 0 unspecified atom stereocenters. The second kappa shape index (κ2) is 6.90. The molecule has 0 fully saturated rings. The van der Waals surface area contributed by atoms with Crippen LogP contribution in [0.25, 0.3) is 0 Å². The molecule has 1 N–H and O–H groups in total. The number of nitrogens with zero attached hydrogens (tertiary/aromatic N) is 1. The summed E-state index contributed by atoms with van der Waals surface area (Å²) < 4.78 is 1.95. The predicted molar refractivity (Wildman–Crippen MR) is 81.7 cm³/mol. The van der Waals surface area contributed by atoms with E-state index in [0.29, 0.717) is 6.54 Å². The first-order chi connectivity index (χ1) is 8.91. The predicted octanol–water partition coefficient (Wildman–Crippen LogP) is 3.06. The van der Waals surface area contributed by atoms with Gasteiger partial charge in [-0.15, -0.1) is 0 Å². The van der Waals surface area contributed by atoms with E-state index in [9.17, 15) is 4.79 Å². The summed E-state index contributed by atoms with van der Waals surface area (Å²) in [5.74, 6) is 0. The Morgan fingerprint density at radius 2 is 1.84 bits per heavy atom. The monoisotopic (exact) mass is 264 g/mol. The summed E-state index contributed by atoms with van der Waals surface area (Å²) in [4.78, 5) is 12.5. The van der Waals surface area contributed by atoms with Crippen molar-refractivity contribution in [2.24, 2.45) is 0 Å². The van der Waals surface area contributed by atoms with Crippen LogP contribution in [0, 0.1) is 0 Å². The molecule has 1 aromatic rings. The first kappa shape index (κ1) is 16.0. The summed E-state index contributed by atoms with van der Waals surface area (Å²) >= 11 is 0. The average Bonchev–Trinajstić information content (AvgIpc) is 2.32. The lowest BCUT2D eigenvalue weighted by molar-refractivity contribution is 0.493. The van der Waals surface area contributed by atoms with Gasteiger partial charge in [-0.2, -0.15) is 0 Å². The van der Waals surface area contributed by atoms with Gasteiger partial charge in [0.05, 0.1) is 0 Å². The third kappa shape index (κ3) is 4.20. The maximum atomic E-state index is 12.5. The first-order valence-corrected chi connectivity index (χ1v) is 7.35. The van der Waals surface area contributed by atoms with E-state index in [4.69, 9.17) is 0 Å². The number of aromatic nitrogens is 1. The molecule has 0 bridgehead atoms. The van der Waals surface area contributed by atoms with E-state index in [2.05, 4.69) is 46.0 Å². The van der Waals surface area contributed by atoms with E-state index in [1.807, 2.05) is 10.6 Å². The van der Waals surface area contributed by atoms with Crippen LogP contribution in [-0.2, 0) is 18.5 Å². The molecule has 1 heterocycles.